The van der Waals surface area contributed by atoms with E-state index in [0.29, 0.717) is 22.5 Å². The van der Waals surface area contributed by atoms with Gasteiger partial charge in [0.15, 0.2) is 0 Å². The predicted octanol–water partition coefficient (Wildman–Crippen LogP) is 2.43. The van der Waals surface area contributed by atoms with Crippen LogP contribution in [0.5, 0.6) is 0 Å². The zero-order chi connectivity index (χ0) is 14.2. The second-order valence-electron chi connectivity index (χ2n) is 4.78. The number of nitrogens with one attached hydrogen (secondary N) is 1. The van der Waals surface area contributed by atoms with E-state index in [9.17, 15) is 8.42 Å². The molecule has 0 spiro atoms. The van der Waals surface area contributed by atoms with Crippen molar-refractivity contribution < 1.29 is 8.42 Å². The number of hydrogen-bond donors (Lipinski definition) is 1. The van der Waals surface area contributed by atoms with Crippen molar-refractivity contribution in [3.05, 3.63) is 24.5 Å². The summed E-state index contributed by atoms with van der Waals surface area (Å²) in [4.78, 5) is 7.43. The van der Waals surface area contributed by atoms with E-state index in [1.165, 1.54) is 0 Å². The van der Waals surface area contributed by atoms with Crippen molar-refractivity contribution in [2.45, 2.75) is 30.0 Å². The lowest BCUT2D eigenvalue weighted by molar-refractivity contribution is 0.412. The highest BCUT2D eigenvalue weighted by Crippen LogP contribution is 2.34. The molecule has 1 fully saturated rings. The fourth-order valence-electron chi connectivity index (χ4n) is 2.53. The Morgan fingerprint density at radius 3 is 3.20 bits per heavy atom. The summed E-state index contributed by atoms with van der Waals surface area (Å²) in [6, 6.07) is 3.56. The molecular weight excluding hydrogens is 294 g/mol. The predicted molar refractivity (Wildman–Crippen MR) is 81.1 cm³/mol. The van der Waals surface area contributed by atoms with E-state index in [1.807, 2.05) is 0 Å². The minimum absolute atomic E-state index is 0.0617. The number of rotatable bonds is 4. The van der Waals surface area contributed by atoms with Crippen LogP contribution >= 0.6 is 11.8 Å². The van der Waals surface area contributed by atoms with E-state index < -0.39 is 10.0 Å². The van der Waals surface area contributed by atoms with Gasteiger partial charge in [0.05, 0.1) is 5.37 Å². The molecule has 0 bridgehead atoms. The van der Waals surface area contributed by atoms with E-state index in [1.54, 1.807) is 40.6 Å². The maximum Gasteiger partial charge on any atom is 0.246 e. The van der Waals surface area contributed by atoms with Crippen LogP contribution in [0.1, 0.15) is 19.8 Å². The Kier molecular flexibility index (Phi) is 3.74. The van der Waals surface area contributed by atoms with E-state index in [0.717, 1.165) is 18.6 Å². The highest BCUT2D eigenvalue weighted by Gasteiger charge is 2.36. The molecule has 5 nitrogen and oxygen atoms in total. The van der Waals surface area contributed by atoms with Crippen LogP contribution in [0.25, 0.3) is 11.0 Å². The molecular formula is C13H17N3O2S2. The lowest BCUT2D eigenvalue weighted by atomic mass is 10.3. The highest BCUT2D eigenvalue weighted by atomic mass is 32.2. The molecule has 1 saturated heterocycles. The van der Waals surface area contributed by atoms with Crippen LogP contribution in [0.15, 0.2) is 29.4 Å². The summed E-state index contributed by atoms with van der Waals surface area (Å²) in [7, 11) is -3.45. The molecule has 3 rings (SSSR count). The fourth-order valence-corrected chi connectivity index (χ4v) is 6.06. The third kappa shape index (κ3) is 2.23. The van der Waals surface area contributed by atoms with Crippen molar-refractivity contribution in [3.63, 3.8) is 0 Å². The van der Waals surface area contributed by atoms with E-state index in [-0.39, 0.29) is 5.37 Å². The maximum absolute atomic E-state index is 12.9. The van der Waals surface area contributed by atoms with Crippen molar-refractivity contribution in [2.75, 3.05) is 12.3 Å². The summed E-state index contributed by atoms with van der Waals surface area (Å²) in [6.07, 6.45) is 5.09. The Labute approximate surface area is 122 Å². The zero-order valence-corrected chi connectivity index (χ0v) is 12.9. The van der Waals surface area contributed by atoms with Crippen LogP contribution in [0, 0.1) is 0 Å². The maximum atomic E-state index is 12.9. The van der Waals surface area contributed by atoms with E-state index in [4.69, 9.17) is 0 Å². The number of pyridine rings is 1. The van der Waals surface area contributed by atoms with Crippen LogP contribution in [0.2, 0.25) is 0 Å². The molecule has 0 amide bonds. The van der Waals surface area contributed by atoms with Crippen molar-refractivity contribution in [1.82, 2.24) is 14.3 Å². The number of H-pyrrole nitrogens is 1. The third-order valence-electron chi connectivity index (χ3n) is 3.48. The molecule has 7 heteroatoms. The van der Waals surface area contributed by atoms with Gasteiger partial charge in [0.2, 0.25) is 10.0 Å². The number of aromatic nitrogens is 2. The Balaban J connectivity index is 2.03. The van der Waals surface area contributed by atoms with Gasteiger partial charge in [0, 0.05) is 30.1 Å². The Morgan fingerprint density at radius 1 is 1.55 bits per heavy atom. The average molecular weight is 311 g/mol. The normalized spacial score (nSPS) is 20.8. The Bertz CT molecular complexity index is 711. The van der Waals surface area contributed by atoms with Crippen LogP contribution in [0.4, 0.5) is 0 Å². The Hall–Kier alpha value is -1.05. The molecule has 1 atom stereocenters. The SMILES string of the molecule is CCC[C@@H]1SCCN1S(=O)(=O)c1c[nH]c2ncccc12. The van der Waals surface area contributed by atoms with Crippen molar-refractivity contribution in [2.24, 2.45) is 0 Å². The summed E-state index contributed by atoms with van der Waals surface area (Å²) in [5.41, 5.74) is 0.616. The van der Waals surface area contributed by atoms with Crippen LogP contribution in [-0.2, 0) is 10.0 Å². The molecule has 2 aromatic rings. The summed E-state index contributed by atoms with van der Waals surface area (Å²) >= 11 is 1.73. The second kappa shape index (κ2) is 5.38. The minimum Gasteiger partial charge on any atom is -0.345 e. The van der Waals surface area contributed by atoms with Crippen molar-refractivity contribution >= 4 is 32.8 Å². The van der Waals surface area contributed by atoms with Crippen molar-refractivity contribution in [3.8, 4) is 0 Å². The molecule has 2 aromatic heterocycles. The van der Waals surface area contributed by atoms with Gasteiger partial charge >= 0.3 is 0 Å². The molecule has 3 heterocycles. The molecule has 0 saturated carbocycles. The number of fused-ring (bicyclic) bond motifs is 1. The van der Waals surface area contributed by atoms with Gasteiger partial charge in [-0.05, 0) is 18.6 Å². The molecule has 108 valence electrons. The molecule has 1 aliphatic rings. The molecule has 1 aliphatic heterocycles. The molecule has 0 radical (unpaired) electrons. The van der Waals surface area contributed by atoms with E-state index >= 15 is 0 Å². The standard InChI is InChI=1S/C13H17N3O2S2/c1-2-4-12-16(7-8-19-12)20(17,18)11-9-15-13-10(11)5-3-6-14-13/h3,5-6,9,12H,2,4,7-8H2,1H3,(H,14,15)/t12-/m0/s1. The summed E-state index contributed by atoms with van der Waals surface area (Å²) in [6.45, 7) is 2.67. The topological polar surface area (TPSA) is 66.1 Å². The number of aromatic amines is 1. The number of nitrogens with zero attached hydrogens (tertiary/aromatic N) is 2. The lowest BCUT2D eigenvalue weighted by Crippen LogP contribution is -2.34. The van der Waals surface area contributed by atoms with Gasteiger partial charge in [-0.3, -0.25) is 0 Å². The molecule has 0 unspecified atom stereocenters. The number of thioether (sulfide) groups is 1. The zero-order valence-electron chi connectivity index (χ0n) is 11.2. The number of sulfonamides is 1. The Morgan fingerprint density at radius 2 is 2.40 bits per heavy atom. The van der Waals surface area contributed by atoms with Crippen LogP contribution in [-0.4, -0.2) is 40.4 Å². The highest BCUT2D eigenvalue weighted by molar-refractivity contribution is 8.01. The first-order valence-electron chi connectivity index (χ1n) is 6.70. The van der Waals surface area contributed by atoms with Gasteiger partial charge in [0.1, 0.15) is 10.5 Å². The van der Waals surface area contributed by atoms with Crippen LogP contribution in [0.3, 0.4) is 0 Å². The lowest BCUT2D eigenvalue weighted by Gasteiger charge is -2.22. The third-order valence-corrected chi connectivity index (χ3v) is 6.85. The molecule has 0 aliphatic carbocycles. The van der Waals surface area contributed by atoms with Gasteiger partial charge in [-0.25, -0.2) is 13.4 Å². The second-order valence-corrected chi connectivity index (χ2v) is 7.93. The first-order chi connectivity index (χ1) is 9.64. The smallest absolute Gasteiger partial charge is 0.246 e. The molecule has 0 aromatic carbocycles. The van der Waals surface area contributed by atoms with Gasteiger partial charge in [0.25, 0.3) is 0 Å². The summed E-state index contributed by atoms with van der Waals surface area (Å²) in [5, 5.41) is 0.728. The first kappa shape index (κ1) is 13.9. The minimum atomic E-state index is -3.45. The van der Waals surface area contributed by atoms with Gasteiger partial charge in [-0.1, -0.05) is 13.3 Å². The van der Waals surface area contributed by atoms with Crippen molar-refractivity contribution in [1.29, 1.82) is 0 Å². The number of hydrogen-bond acceptors (Lipinski definition) is 4. The van der Waals surface area contributed by atoms with E-state index in [2.05, 4.69) is 16.9 Å². The fraction of sp³-hybridized carbons (Fsp3) is 0.462. The van der Waals surface area contributed by atoms with Gasteiger partial charge in [-0.15, -0.1) is 11.8 Å². The summed E-state index contributed by atoms with van der Waals surface area (Å²) in [5.74, 6) is 0.866. The molecule has 20 heavy (non-hydrogen) atoms. The molecule has 1 N–H and O–H groups in total. The van der Waals surface area contributed by atoms with Crippen LogP contribution < -0.4 is 0 Å². The quantitative estimate of drug-likeness (QED) is 0.942. The van der Waals surface area contributed by atoms with Gasteiger partial charge < -0.3 is 4.98 Å². The largest absolute Gasteiger partial charge is 0.345 e. The summed E-state index contributed by atoms with van der Waals surface area (Å²) < 4.78 is 27.4. The monoisotopic (exact) mass is 311 g/mol. The van der Waals surface area contributed by atoms with Gasteiger partial charge in [-0.2, -0.15) is 4.31 Å². The average Bonchev–Trinajstić information content (AvgIpc) is 3.05. The first-order valence-corrected chi connectivity index (χ1v) is 9.19.